The van der Waals surface area contributed by atoms with E-state index in [1.807, 2.05) is 41.8 Å². The highest BCUT2D eigenvalue weighted by Crippen LogP contribution is 2.27. The maximum atomic E-state index is 13.1. The predicted molar refractivity (Wildman–Crippen MR) is 114 cm³/mol. The van der Waals surface area contributed by atoms with Crippen LogP contribution in [-0.2, 0) is 6.54 Å². The van der Waals surface area contributed by atoms with Gasteiger partial charge in [-0.15, -0.1) is 0 Å². The molecule has 0 aliphatic rings. The summed E-state index contributed by atoms with van der Waals surface area (Å²) < 4.78 is 15.1. The topological polar surface area (TPSA) is 72.2 Å². The fourth-order valence-electron chi connectivity index (χ4n) is 3.24. The van der Waals surface area contributed by atoms with E-state index < -0.39 is 0 Å². The molecule has 0 bridgehead atoms. The first-order valence-corrected chi connectivity index (χ1v) is 10.1. The molecule has 8 heteroatoms. The van der Waals surface area contributed by atoms with E-state index in [-0.39, 0.29) is 17.4 Å². The van der Waals surface area contributed by atoms with Crippen LogP contribution in [0.4, 0.5) is 4.39 Å². The Kier molecular flexibility index (Phi) is 4.48. The van der Waals surface area contributed by atoms with Gasteiger partial charge in [0, 0.05) is 22.3 Å². The minimum absolute atomic E-state index is 0.273. The van der Waals surface area contributed by atoms with Crippen LogP contribution in [0.2, 0.25) is 0 Å². The number of thiazole rings is 1. The minimum atomic E-state index is -0.273. The summed E-state index contributed by atoms with van der Waals surface area (Å²) in [6, 6.07) is 13.7. The molecule has 0 unspecified atom stereocenters. The van der Waals surface area contributed by atoms with Crippen LogP contribution in [0, 0.1) is 12.7 Å². The van der Waals surface area contributed by atoms with Crippen molar-refractivity contribution in [2.75, 3.05) is 0 Å². The van der Waals surface area contributed by atoms with Gasteiger partial charge in [0.1, 0.15) is 11.5 Å². The molecular weight excluding hydrogens is 401 g/mol. The van der Waals surface area contributed by atoms with E-state index in [1.165, 1.54) is 29.7 Å². The maximum absolute atomic E-state index is 13.1. The van der Waals surface area contributed by atoms with Crippen molar-refractivity contribution in [2.45, 2.75) is 13.5 Å². The van der Waals surface area contributed by atoms with Crippen molar-refractivity contribution in [3.05, 3.63) is 83.0 Å². The Morgan fingerprint density at radius 2 is 1.87 bits per heavy atom. The van der Waals surface area contributed by atoms with Crippen LogP contribution >= 0.6 is 11.3 Å². The Bertz CT molecular complexity index is 1390. The molecule has 148 valence electrons. The van der Waals surface area contributed by atoms with Crippen molar-refractivity contribution in [3.63, 3.8) is 0 Å². The summed E-state index contributed by atoms with van der Waals surface area (Å²) in [5.41, 5.74) is 4.36. The van der Waals surface area contributed by atoms with Gasteiger partial charge in [-0.1, -0.05) is 23.5 Å². The summed E-state index contributed by atoms with van der Waals surface area (Å²) in [6.45, 7) is 2.36. The first kappa shape index (κ1) is 18.4. The third kappa shape index (κ3) is 3.31. The monoisotopic (exact) mass is 417 g/mol. The van der Waals surface area contributed by atoms with Crippen LogP contribution in [0.1, 0.15) is 21.1 Å². The van der Waals surface area contributed by atoms with Gasteiger partial charge in [0.25, 0.3) is 5.91 Å². The lowest BCUT2D eigenvalue weighted by Crippen LogP contribution is -2.24. The number of carbonyl (C=O) groups is 1. The molecule has 1 amide bonds. The van der Waals surface area contributed by atoms with Crippen LogP contribution < -0.4 is 5.32 Å². The number of amides is 1. The molecule has 0 aliphatic carbocycles. The van der Waals surface area contributed by atoms with Gasteiger partial charge in [-0.2, -0.15) is 0 Å². The molecule has 0 radical (unpaired) electrons. The second-order valence-corrected chi connectivity index (χ2v) is 7.88. The van der Waals surface area contributed by atoms with E-state index in [1.54, 1.807) is 12.1 Å². The summed E-state index contributed by atoms with van der Waals surface area (Å²) in [5.74, 6) is -0.546. The lowest BCUT2D eigenvalue weighted by molar-refractivity contribution is 0.0946. The number of fused-ring (bicyclic) bond motifs is 2. The summed E-state index contributed by atoms with van der Waals surface area (Å²) >= 11 is 1.51. The number of benzene rings is 2. The molecule has 6 nitrogen and oxygen atoms in total. The Balaban J connectivity index is 1.34. The molecule has 5 rings (SSSR count). The molecular formula is C22H16FN5OS. The van der Waals surface area contributed by atoms with Gasteiger partial charge in [0.05, 0.1) is 29.5 Å². The number of carbonyl (C=O) groups excluding carboxylic acids is 1. The number of hydrogen-bond acceptors (Lipinski definition) is 5. The second kappa shape index (κ2) is 7.31. The van der Waals surface area contributed by atoms with Crippen LogP contribution in [0.5, 0.6) is 0 Å². The highest BCUT2D eigenvalue weighted by Gasteiger charge is 2.15. The van der Waals surface area contributed by atoms with E-state index in [2.05, 4.69) is 20.3 Å². The summed E-state index contributed by atoms with van der Waals surface area (Å²) in [5, 5.41) is 2.91. The number of rotatable bonds is 4. The average molecular weight is 417 g/mol. The normalized spacial score (nSPS) is 11.3. The number of nitrogens with one attached hydrogen (secondary N) is 1. The fourth-order valence-corrected chi connectivity index (χ4v) is 4.28. The number of imidazole rings is 1. The third-order valence-electron chi connectivity index (χ3n) is 4.88. The van der Waals surface area contributed by atoms with Gasteiger partial charge in [0.2, 0.25) is 0 Å². The lowest BCUT2D eigenvalue weighted by Gasteiger charge is -2.05. The molecule has 1 N–H and O–H groups in total. The molecule has 0 aliphatic heterocycles. The summed E-state index contributed by atoms with van der Waals surface area (Å²) in [7, 11) is 0. The second-order valence-electron chi connectivity index (χ2n) is 6.82. The first-order valence-electron chi connectivity index (χ1n) is 9.32. The van der Waals surface area contributed by atoms with Crippen molar-refractivity contribution in [2.24, 2.45) is 0 Å². The van der Waals surface area contributed by atoms with Crippen molar-refractivity contribution >= 4 is 33.2 Å². The number of hydrogen-bond donors (Lipinski definition) is 1. The number of para-hydroxylation sites is 2. The number of aromatic nitrogens is 4. The van der Waals surface area contributed by atoms with Crippen LogP contribution in [0.25, 0.3) is 27.3 Å². The van der Waals surface area contributed by atoms with Gasteiger partial charge in [0.15, 0.2) is 4.96 Å². The molecule has 0 saturated heterocycles. The van der Waals surface area contributed by atoms with Crippen molar-refractivity contribution in [1.29, 1.82) is 0 Å². The van der Waals surface area contributed by atoms with E-state index in [4.69, 9.17) is 0 Å². The lowest BCUT2D eigenvalue weighted by atomic mass is 10.2. The average Bonchev–Trinajstić information content (AvgIpc) is 3.31. The zero-order valence-electron chi connectivity index (χ0n) is 16.0. The molecule has 3 heterocycles. The Labute approximate surface area is 175 Å². The predicted octanol–water partition coefficient (Wildman–Crippen LogP) is 4.38. The van der Waals surface area contributed by atoms with Crippen LogP contribution in [0.3, 0.4) is 0 Å². The summed E-state index contributed by atoms with van der Waals surface area (Å²) in [4.78, 5) is 27.7. The highest BCUT2D eigenvalue weighted by atomic mass is 32.1. The largest absolute Gasteiger partial charge is 0.346 e. The molecule has 0 atom stereocenters. The van der Waals surface area contributed by atoms with Gasteiger partial charge in [-0.3, -0.25) is 14.2 Å². The number of nitrogens with zero attached hydrogens (tertiary/aromatic N) is 4. The molecule has 0 fully saturated rings. The fraction of sp³-hybridized carbons (Fsp3) is 0.0909. The van der Waals surface area contributed by atoms with Crippen molar-refractivity contribution < 1.29 is 9.18 Å². The molecule has 5 aromatic rings. The summed E-state index contributed by atoms with van der Waals surface area (Å²) in [6.07, 6.45) is 3.41. The zero-order valence-corrected chi connectivity index (χ0v) is 16.8. The van der Waals surface area contributed by atoms with Gasteiger partial charge in [-0.25, -0.2) is 14.4 Å². The number of aryl methyl sites for hydroxylation is 1. The van der Waals surface area contributed by atoms with E-state index in [9.17, 15) is 9.18 Å². The Morgan fingerprint density at radius 3 is 2.63 bits per heavy atom. The first-order chi connectivity index (χ1) is 14.6. The standard InChI is InChI=1S/C22H16FN5OS/c1-13-20(11-25-21(29)18-10-24-16-4-2-3-5-17(16)26-18)30-22-27-19(12-28(13)22)14-6-8-15(23)9-7-14/h2-10,12H,11H2,1H3,(H,25,29). The molecule has 0 spiro atoms. The number of halogens is 1. The third-order valence-corrected chi connectivity index (χ3v) is 6.04. The van der Waals surface area contributed by atoms with E-state index in [0.29, 0.717) is 12.1 Å². The molecule has 2 aromatic carbocycles. The zero-order chi connectivity index (χ0) is 20.7. The van der Waals surface area contributed by atoms with Gasteiger partial charge in [-0.05, 0) is 43.3 Å². The Morgan fingerprint density at radius 1 is 1.10 bits per heavy atom. The van der Waals surface area contributed by atoms with E-state index >= 15 is 0 Å². The van der Waals surface area contributed by atoms with Crippen LogP contribution in [0.15, 0.2) is 60.9 Å². The highest BCUT2D eigenvalue weighted by molar-refractivity contribution is 7.17. The van der Waals surface area contributed by atoms with E-state index in [0.717, 1.165) is 32.3 Å². The quantitative estimate of drug-likeness (QED) is 0.471. The smallest absolute Gasteiger partial charge is 0.271 e. The minimum Gasteiger partial charge on any atom is -0.346 e. The van der Waals surface area contributed by atoms with Crippen molar-refractivity contribution in [3.8, 4) is 11.3 Å². The van der Waals surface area contributed by atoms with Gasteiger partial charge < -0.3 is 5.32 Å². The molecule has 30 heavy (non-hydrogen) atoms. The molecule has 3 aromatic heterocycles. The van der Waals surface area contributed by atoms with Crippen molar-refractivity contribution in [1.82, 2.24) is 24.7 Å². The van der Waals surface area contributed by atoms with Crippen LogP contribution in [-0.4, -0.2) is 25.3 Å². The Hall–Kier alpha value is -3.65. The molecule has 0 saturated carbocycles. The maximum Gasteiger partial charge on any atom is 0.271 e. The van der Waals surface area contributed by atoms with Gasteiger partial charge >= 0.3 is 0 Å². The SMILES string of the molecule is Cc1c(CNC(=O)c2cnc3ccccc3n2)sc2nc(-c3ccc(F)cc3)cn12.